The monoisotopic (exact) mass is 642 g/mol. The first-order valence-electron chi connectivity index (χ1n) is 18.4. The molecule has 46 heavy (non-hydrogen) atoms. The molecule has 1 atom stereocenters. The maximum atomic E-state index is 12.6. The second-order valence-electron chi connectivity index (χ2n) is 12.1. The molecule has 1 amide bonds. The highest BCUT2D eigenvalue weighted by Crippen LogP contribution is 2.18. The number of carbonyl (C=O) groups excluding carboxylic acids is 2. The van der Waals surface area contributed by atoms with E-state index < -0.39 is 5.97 Å². The highest BCUT2D eigenvalue weighted by Gasteiger charge is 2.13. The third-order valence-corrected chi connectivity index (χ3v) is 7.74. The number of hydrogen-bond donors (Lipinski definition) is 2. The van der Waals surface area contributed by atoms with Gasteiger partial charge in [0.05, 0.1) is 6.42 Å². The Morgan fingerprint density at radius 2 is 1.02 bits per heavy atom. The molecular weight excluding hydrogens is 574 g/mol. The van der Waals surface area contributed by atoms with E-state index in [2.05, 4.69) is 67.8 Å². The van der Waals surface area contributed by atoms with Gasteiger partial charge >= 0.3 is 11.9 Å². The summed E-state index contributed by atoms with van der Waals surface area (Å²) in [5, 5.41) is 11.0. The number of nitrogens with one attached hydrogen (secondary N) is 1. The van der Waals surface area contributed by atoms with Crippen molar-refractivity contribution in [2.45, 2.75) is 168 Å². The summed E-state index contributed by atoms with van der Waals surface area (Å²) in [7, 11) is 0. The fourth-order valence-electron chi connectivity index (χ4n) is 5.06. The van der Waals surface area contributed by atoms with Gasteiger partial charge in [0.2, 0.25) is 5.91 Å². The quantitative estimate of drug-likeness (QED) is 0.0433. The molecule has 0 rings (SSSR count). The molecule has 1 unspecified atom stereocenters. The number of allylic oxidation sites excluding steroid dienone is 9. The maximum Gasteiger partial charge on any atom is 0.322 e. The van der Waals surface area contributed by atoms with E-state index in [1.54, 1.807) is 0 Å². The van der Waals surface area contributed by atoms with Gasteiger partial charge in [0.25, 0.3) is 0 Å². The molecule has 6 heteroatoms. The van der Waals surface area contributed by atoms with Gasteiger partial charge in [-0.2, -0.15) is 0 Å². The molecule has 0 spiro atoms. The van der Waals surface area contributed by atoms with Crippen LogP contribution in [0.1, 0.15) is 162 Å². The van der Waals surface area contributed by atoms with Gasteiger partial charge in [-0.1, -0.05) is 145 Å². The molecule has 262 valence electrons. The van der Waals surface area contributed by atoms with E-state index in [-0.39, 0.29) is 24.5 Å². The number of carbonyl (C=O) groups is 3. The highest BCUT2D eigenvalue weighted by molar-refractivity contribution is 5.80. The van der Waals surface area contributed by atoms with Gasteiger partial charge in [0.15, 0.2) is 0 Å². The summed E-state index contributed by atoms with van der Waals surface area (Å²) in [5.41, 5.74) is 0. The van der Waals surface area contributed by atoms with Crippen molar-refractivity contribution in [1.29, 1.82) is 0 Å². The van der Waals surface area contributed by atoms with Crippen molar-refractivity contribution in [3.8, 4) is 0 Å². The standard InChI is InChI=1S/C40H67NO5/c1-3-5-7-9-11-13-14-15-16-17-18-20-22-27-31-35-40(45)46-37(32-28-24-21-19-12-10-8-6-4-2)33-29-25-23-26-30-34-38(42)41-36-39(43)44/h5,7,11,13,15-16,18,20,27,31,37H,3-4,6,8-10,12,14,17,19,21-26,28-30,32-36H2,1-2H3,(H,41,42)(H,43,44)/b7-5-,13-11-,16-15-,20-18-,31-27-. The van der Waals surface area contributed by atoms with E-state index in [9.17, 15) is 14.4 Å². The SMILES string of the molecule is CC/C=C\C/C=C\C/C=C\C/C=C\C/C=C\CC(=O)OC(CCCCCCCCCCC)CCCCCCCC(=O)NCC(=O)O. The zero-order valence-corrected chi connectivity index (χ0v) is 29.4. The smallest absolute Gasteiger partial charge is 0.322 e. The van der Waals surface area contributed by atoms with E-state index in [0.29, 0.717) is 12.8 Å². The van der Waals surface area contributed by atoms with Gasteiger partial charge in [0.1, 0.15) is 12.6 Å². The molecular formula is C40H67NO5. The van der Waals surface area contributed by atoms with Crippen LogP contribution in [0.3, 0.4) is 0 Å². The van der Waals surface area contributed by atoms with Gasteiger partial charge in [-0.3, -0.25) is 14.4 Å². The lowest BCUT2D eigenvalue weighted by molar-refractivity contribution is -0.148. The second-order valence-corrected chi connectivity index (χ2v) is 12.1. The molecule has 2 N–H and O–H groups in total. The fraction of sp³-hybridized carbons (Fsp3) is 0.675. The second kappa shape index (κ2) is 35.0. The minimum atomic E-state index is -1.02. The number of aliphatic carboxylic acids is 1. The van der Waals surface area contributed by atoms with Crippen molar-refractivity contribution in [2.24, 2.45) is 0 Å². The number of rotatable bonds is 32. The Balaban J connectivity index is 4.32. The molecule has 0 fully saturated rings. The Bertz CT molecular complexity index is 886. The molecule has 0 bridgehead atoms. The van der Waals surface area contributed by atoms with Gasteiger partial charge in [-0.15, -0.1) is 0 Å². The zero-order chi connectivity index (χ0) is 33.8. The molecule has 6 nitrogen and oxygen atoms in total. The van der Waals surface area contributed by atoms with Crippen molar-refractivity contribution in [1.82, 2.24) is 5.32 Å². The Morgan fingerprint density at radius 1 is 0.587 bits per heavy atom. The van der Waals surface area contributed by atoms with Crippen molar-refractivity contribution >= 4 is 17.8 Å². The number of esters is 1. The maximum absolute atomic E-state index is 12.6. The summed E-state index contributed by atoms with van der Waals surface area (Å²) in [6, 6.07) is 0. The van der Waals surface area contributed by atoms with E-state index in [0.717, 1.165) is 83.5 Å². The van der Waals surface area contributed by atoms with Crippen LogP contribution in [0.15, 0.2) is 60.8 Å². The van der Waals surface area contributed by atoms with E-state index in [1.807, 2.05) is 12.2 Å². The lowest BCUT2D eigenvalue weighted by atomic mass is 10.0. The van der Waals surface area contributed by atoms with Crippen LogP contribution < -0.4 is 5.32 Å². The summed E-state index contributed by atoms with van der Waals surface area (Å²) >= 11 is 0. The third kappa shape index (κ3) is 34.0. The Kier molecular flexibility index (Phi) is 32.8. The van der Waals surface area contributed by atoms with Crippen LogP contribution in [0, 0.1) is 0 Å². The number of carboxylic acid groups (broad SMARTS) is 1. The fourth-order valence-corrected chi connectivity index (χ4v) is 5.06. The highest BCUT2D eigenvalue weighted by atomic mass is 16.5. The van der Waals surface area contributed by atoms with Crippen molar-refractivity contribution < 1.29 is 24.2 Å². The van der Waals surface area contributed by atoms with Crippen LogP contribution in [0.5, 0.6) is 0 Å². The molecule has 0 aromatic carbocycles. The summed E-state index contributed by atoms with van der Waals surface area (Å²) in [6.07, 6.45) is 44.9. The molecule has 0 aliphatic rings. The summed E-state index contributed by atoms with van der Waals surface area (Å²) < 4.78 is 5.92. The predicted molar refractivity (Wildman–Crippen MR) is 194 cm³/mol. The largest absolute Gasteiger partial charge is 0.480 e. The first-order chi connectivity index (χ1) is 22.5. The summed E-state index contributed by atoms with van der Waals surface area (Å²) in [4.78, 5) is 34.8. The van der Waals surface area contributed by atoms with Crippen molar-refractivity contribution in [2.75, 3.05) is 6.54 Å². The lowest BCUT2D eigenvalue weighted by Gasteiger charge is -2.18. The van der Waals surface area contributed by atoms with Crippen LogP contribution in [-0.4, -0.2) is 35.6 Å². The topological polar surface area (TPSA) is 92.7 Å². The molecule has 0 aromatic heterocycles. The molecule has 0 aliphatic heterocycles. The normalized spacial score (nSPS) is 12.7. The number of amides is 1. The minimum Gasteiger partial charge on any atom is -0.480 e. The van der Waals surface area contributed by atoms with Gasteiger partial charge in [-0.25, -0.2) is 0 Å². The van der Waals surface area contributed by atoms with Crippen LogP contribution in [0.4, 0.5) is 0 Å². The van der Waals surface area contributed by atoms with Crippen LogP contribution in [0.2, 0.25) is 0 Å². The number of hydrogen-bond acceptors (Lipinski definition) is 4. The van der Waals surface area contributed by atoms with Crippen LogP contribution in [-0.2, 0) is 19.1 Å². The molecule has 0 heterocycles. The molecule has 0 saturated heterocycles. The minimum absolute atomic E-state index is 0.0263. The molecule has 0 aromatic rings. The van der Waals surface area contributed by atoms with Gasteiger partial charge < -0.3 is 15.2 Å². The van der Waals surface area contributed by atoms with Crippen molar-refractivity contribution in [3.05, 3.63) is 60.8 Å². The number of ether oxygens (including phenoxy) is 1. The molecule has 0 saturated carbocycles. The average Bonchev–Trinajstić information content (AvgIpc) is 3.04. The predicted octanol–water partition coefficient (Wildman–Crippen LogP) is 10.9. The van der Waals surface area contributed by atoms with Gasteiger partial charge in [0, 0.05) is 6.42 Å². The first kappa shape index (κ1) is 43.1. The summed E-state index contributed by atoms with van der Waals surface area (Å²) in [5.74, 6) is -1.37. The Hall–Kier alpha value is -2.89. The van der Waals surface area contributed by atoms with E-state index in [4.69, 9.17) is 9.84 Å². The first-order valence-corrected chi connectivity index (χ1v) is 18.4. The molecule has 0 aliphatic carbocycles. The molecule has 0 radical (unpaired) electrons. The Morgan fingerprint density at radius 3 is 1.50 bits per heavy atom. The summed E-state index contributed by atoms with van der Waals surface area (Å²) in [6.45, 7) is 4.08. The van der Waals surface area contributed by atoms with Crippen LogP contribution >= 0.6 is 0 Å². The number of carboxylic acids is 1. The number of unbranched alkanes of at least 4 members (excludes halogenated alkanes) is 12. The van der Waals surface area contributed by atoms with Crippen LogP contribution in [0.25, 0.3) is 0 Å². The van der Waals surface area contributed by atoms with E-state index in [1.165, 1.54) is 51.4 Å². The van der Waals surface area contributed by atoms with Gasteiger partial charge in [-0.05, 0) is 64.2 Å². The average molecular weight is 642 g/mol. The Labute approximate surface area is 281 Å². The third-order valence-electron chi connectivity index (χ3n) is 7.74. The van der Waals surface area contributed by atoms with E-state index >= 15 is 0 Å². The lowest BCUT2D eigenvalue weighted by Crippen LogP contribution is -2.28. The zero-order valence-electron chi connectivity index (χ0n) is 29.4. The van der Waals surface area contributed by atoms with Crippen molar-refractivity contribution in [3.63, 3.8) is 0 Å².